The largest absolute Gasteiger partial charge is 0.356 e. The van der Waals surface area contributed by atoms with Crippen molar-refractivity contribution in [2.24, 2.45) is 5.92 Å². The third kappa shape index (κ3) is 6.66. The molecule has 0 aromatic heterocycles. The molecule has 1 aliphatic heterocycles. The molecule has 0 aliphatic carbocycles. The molecular formula is C18H20F2N4O3. The van der Waals surface area contributed by atoms with Gasteiger partial charge in [-0.3, -0.25) is 14.4 Å². The van der Waals surface area contributed by atoms with E-state index in [9.17, 15) is 23.2 Å². The minimum absolute atomic E-state index is 0.0416. The van der Waals surface area contributed by atoms with Gasteiger partial charge in [0, 0.05) is 24.9 Å². The summed E-state index contributed by atoms with van der Waals surface area (Å²) in [7, 11) is 0. The summed E-state index contributed by atoms with van der Waals surface area (Å²) in [5.41, 5.74) is 0.339. The highest BCUT2D eigenvalue weighted by Gasteiger charge is 2.27. The minimum atomic E-state index is -0.821. The molecule has 0 spiro atoms. The Hall–Kier alpha value is -3.02. The number of benzene rings is 1. The maximum Gasteiger partial charge on any atom is 0.240 e. The van der Waals surface area contributed by atoms with Crippen molar-refractivity contribution in [1.82, 2.24) is 16.0 Å². The summed E-state index contributed by atoms with van der Waals surface area (Å²) in [5, 5.41) is 16.6. The lowest BCUT2D eigenvalue weighted by molar-refractivity contribution is -0.126. The van der Waals surface area contributed by atoms with Gasteiger partial charge in [0.05, 0.1) is 12.6 Å². The Morgan fingerprint density at radius 1 is 1.26 bits per heavy atom. The fraction of sp³-hybridized carbons (Fsp3) is 0.444. The third-order valence-corrected chi connectivity index (χ3v) is 4.18. The first kappa shape index (κ1) is 20.3. The van der Waals surface area contributed by atoms with Crippen LogP contribution in [0.4, 0.5) is 8.78 Å². The van der Waals surface area contributed by atoms with Gasteiger partial charge in [-0.2, -0.15) is 5.26 Å². The summed E-state index contributed by atoms with van der Waals surface area (Å²) in [6.45, 7) is 0.228. The number of nitrogens with one attached hydrogen (secondary N) is 3. The molecule has 3 amide bonds. The van der Waals surface area contributed by atoms with Crippen LogP contribution in [0, 0.1) is 28.9 Å². The minimum Gasteiger partial charge on any atom is -0.356 e. The summed E-state index contributed by atoms with van der Waals surface area (Å²) in [5.74, 6) is -2.89. The average molecular weight is 378 g/mol. The van der Waals surface area contributed by atoms with Crippen molar-refractivity contribution in [2.45, 2.75) is 31.7 Å². The summed E-state index contributed by atoms with van der Waals surface area (Å²) in [6, 6.07) is 4.13. The zero-order chi connectivity index (χ0) is 19.8. The molecule has 1 aliphatic rings. The molecule has 2 atom stereocenters. The molecular weight excluding hydrogens is 358 g/mol. The van der Waals surface area contributed by atoms with Crippen molar-refractivity contribution in [3.63, 3.8) is 0 Å². The van der Waals surface area contributed by atoms with Gasteiger partial charge >= 0.3 is 0 Å². The van der Waals surface area contributed by atoms with Gasteiger partial charge in [-0.1, -0.05) is 0 Å². The Bertz CT molecular complexity index is 743. The molecule has 1 aromatic carbocycles. The van der Waals surface area contributed by atoms with Crippen molar-refractivity contribution in [3.05, 3.63) is 35.4 Å². The van der Waals surface area contributed by atoms with Gasteiger partial charge in [0.15, 0.2) is 0 Å². The van der Waals surface area contributed by atoms with E-state index in [1.165, 1.54) is 0 Å². The van der Waals surface area contributed by atoms with E-state index in [4.69, 9.17) is 5.26 Å². The fourth-order valence-corrected chi connectivity index (χ4v) is 2.82. The fourth-order valence-electron chi connectivity index (χ4n) is 2.82. The quantitative estimate of drug-likeness (QED) is 0.613. The average Bonchev–Trinajstić information content (AvgIpc) is 3.01. The monoisotopic (exact) mass is 378 g/mol. The van der Waals surface area contributed by atoms with E-state index in [2.05, 4.69) is 16.0 Å². The maximum atomic E-state index is 13.1. The van der Waals surface area contributed by atoms with Crippen LogP contribution in [0.15, 0.2) is 18.2 Å². The van der Waals surface area contributed by atoms with Gasteiger partial charge in [0.25, 0.3) is 0 Å². The Kier molecular flexibility index (Phi) is 7.23. The third-order valence-electron chi connectivity index (χ3n) is 4.18. The number of rotatable bonds is 8. The van der Waals surface area contributed by atoms with Crippen molar-refractivity contribution >= 4 is 17.7 Å². The van der Waals surface area contributed by atoms with Crippen molar-refractivity contribution < 1.29 is 23.2 Å². The second kappa shape index (κ2) is 9.62. The molecule has 0 unspecified atom stereocenters. The first-order chi connectivity index (χ1) is 12.9. The van der Waals surface area contributed by atoms with E-state index in [1.807, 2.05) is 6.07 Å². The van der Waals surface area contributed by atoms with Gasteiger partial charge in [-0.15, -0.1) is 0 Å². The van der Waals surface area contributed by atoms with E-state index < -0.39 is 29.5 Å². The number of halogens is 2. The summed E-state index contributed by atoms with van der Waals surface area (Å²) >= 11 is 0. The molecule has 144 valence electrons. The molecule has 0 saturated carbocycles. The van der Waals surface area contributed by atoms with E-state index in [0.717, 1.165) is 18.2 Å². The Labute approximate surface area is 155 Å². The Morgan fingerprint density at radius 3 is 2.56 bits per heavy atom. The molecule has 1 heterocycles. The molecule has 2 rings (SSSR count). The molecule has 1 fully saturated rings. The lowest BCUT2D eigenvalue weighted by Gasteiger charge is -2.14. The number of nitriles is 1. The number of carbonyl (C=O) groups is 3. The number of nitrogens with zero attached hydrogens (tertiary/aromatic N) is 1. The predicted molar refractivity (Wildman–Crippen MR) is 91.0 cm³/mol. The Morgan fingerprint density at radius 2 is 1.96 bits per heavy atom. The van der Waals surface area contributed by atoms with Crippen molar-refractivity contribution in [3.8, 4) is 6.07 Å². The number of amides is 3. The second-order valence-corrected chi connectivity index (χ2v) is 6.32. The van der Waals surface area contributed by atoms with Crippen LogP contribution in [0.5, 0.6) is 0 Å². The molecule has 27 heavy (non-hydrogen) atoms. The molecule has 3 N–H and O–H groups in total. The maximum absolute atomic E-state index is 13.1. The highest BCUT2D eigenvalue weighted by atomic mass is 19.1. The van der Waals surface area contributed by atoms with Crippen LogP contribution in [0.3, 0.4) is 0 Å². The van der Waals surface area contributed by atoms with Crippen molar-refractivity contribution in [2.75, 3.05) is 13.1 Å². The van der Waals surface area contributed by atoms with E-state index >= 15 is 0 Å². The second-order valence-electron chi connectivity index (χ2n) is 6.32. The first-order valence-electron chi connectivity index (χ1n) is 8.55. The molecule has 0 bridgehead atoms. The van der Waals surface area contributed by atoms with Crippen LogP contribution < -0.4 is 16.0 Å². The summed E-state index contributed by atoms with van der Waals surface area (Å²) in [6.07, 6.45) is 0.914. The summed E-state index contributed by atoms with van der Waals surface area (Å²) < 4.78 is 26.2. The number of hydrogen-bond acceptors (Lipinski definition) is 4. The van der Waals surface area contributed by atoms with Crippen LogP contribution in [0.1, 0.15) is 24.8 Å². The molecule has 1 aromatic rings. The normalized spacial score (nSPS) is 16.9. The van der Waals surface area contributed by atoms with Gasteiger partial charge < -0.3 is 16.0 Å². The Balaban J connectivity index is 1.71. The molecule has 7 nitrogen and oxygen atoms in total. The van der Waals surface area contributed by atoms with E-state index in [-0.39, 0.29) is 37.6 Å². The van der Waals surface area contributed by atoms with Gasteiger partial charge in [0.2, 0.25) is 17.7 Å². The topological polar surface area (TPSA) is 111 Å². The van der Waals surface area contributed by atoms with E-state index in [1.54, 1.807) is 0 Å². The van der Waals surface area contributed by atoms with Crippen LogP contribution in [0.25, 0.3) is 0 Å². The highest BCUT2D eigenvalue weighted by Crippen LogP contribution is 2.15. The van der Waals surface area contributed by atoms with E-state index in [0.29, 0.717) is 18.5 Å². The predicted octanol–water partition coefficient (Wildman–Crippen LogP) is 0.548. The number of hydrogen-bond donors (Lipinski definition) is 3. The standard InChI is InChI=1S/C18H20F2N4O3/c19-13-5-11(6-14(20)8-13)1-2-16(25)23-10-17(26)24-15(9-21)7-12-3-4-22-18(12)27/h5-6,8,12,15H,1-4,7,10H2,(H,22,27)(H,23,25)(H,24,26)/t12-,15-/m0/s1. The van der Waals surface area contributed by atoms with Crippen LogP contribution in [-0.2, 0) is 20.8 Å². The first-order valence-corrected chi connectivity index (χ1v) is 8.55. The summed E-state index contributed by atoms with van der Waals surface area (Å²) in [4.78, 5) is 35.2. The lowest BCUT2D eigenvalue weighted by atomic mass is 9.99. The van der Waals surface area contributed by atoms with Gasteiger partial charge in [0.1, 0.15) is 17.7 Å². The van der Waals surface area contributed by atoms with Crippen LogP contribution in [0.2, 0.25) is 0 Å². The van der Waals surface area contributed by atoms with Gasteiger partial charge in [-0.05, 0) is 37.0 Å². The van der Waals surface area contributed by atoms with Crippen LogP contribution in [-0.4, -0.2) is 36.9 Å². The van der Waals surface area contributed by atoms with Crippen molar-refractivity contribution in [1.29, 1.82) is 5.26 Å². The van der Waals surface area contributed by atoms with Crippen LogP contribution >= 0.6 is 0 Å². The number of carbonyl (C=O) groups excluding carboxylic acids is 3. The molecule has 0 radical (unpaired) electrons. The van der Waals surface area contributed by atoms with Gasteiger partial charge in [-0.25, -0.2) is 8.78 Å². The SMILES string of the molecule is N#C[C@H](C[C@@H]1CCNC1=O)NC(=O)CNC(=O)CCc1cc(F)cc(F)c1. The smallest absolute Gasteiger partial charge is 0.240 e. The molecule has 9 heteroatoms. The highest BCUT2D eigenvalue weighted by molar-refractivity contribution is 5.85. The molecule has 1 saturated heterocycles. The number of aryl methyl sites for hydroxylation is 1. The zero-order valence-corrected chi connectivity index (χ0v) is 14.6. The zero-order valence-electron chi connectivity index (χ0n) is 14.6. The lowest BCUT2D eigenvalue weighted by Crippen LogP contribution is -2.42.